The second-order valence-electron chi connectivity index (χ2n) is 8.88. The standard InChI is InChI=1S/C28H28N2O5/c1-17(2)24(26(31)29-25(27(32)33)18-10-4-3-5-11-18)30-28(34)35-16-23-21-14-8-6-12-19(21)20-13-7-9-15-22(20)23/h3-15,17,23-25H,16H2,1-2H3,(H,29,31)(H,30,34)(H,32,33)/t24?,25-/m1/s1. The highest BCUT2D eigenvalue weighted by Crippen LogP contribution is 2.44. The lowest BCUT2D eigenvalue weighted by Crippen LogP contribution is -2.51. The third-order valence-electron chi connectivity index (χ3n) is 6.23. The Labute approximate surface area is 204 Å². The van der Waals surface area contributed by atoms with E-state index in [1.807, 2.05) is 36.4 Å². The van der Waals surface area contributed by atoms with E-state index < -0.39 is 30.1 Å². The number of aliphatic carboxylic acids is 1. The maximum absolute atomic E-state index is 13.0. The molecule has 2 atom stereocenters. The summed E-state index contributed by atoms with van der Waals surface area (Å²) in [6.45, 7) is 3.66. The zero-order valence-corrected chi connectivity index (χ0v) is 19.6. The maximum atomic E-state index is 13.0. The van der Waals surface area contributed by atoms with Crippen molar-refractivity contribution in [1.82, 2.24) is 10.6 Å². The molecule has 0 bridgehead atoms. The van der Waals surface area contributed by atoms with Crippen molar-refractivity contribution < 1.29 is 24.2 Å². The summed E-state index contributed by atoms with van der Waals surface area (Å²) in [6, 6.07) is 22.3. The van der Waals surface area contributed by atoms with E-state index in [0.29, 0.717) is 5.56 Å². The highest BCUT2D eigenvalue weighted by Gasteiger charge is 2.32. The summed E-state index contributed by atoms with van der Waals surface area (Å²) in [4.78, 5) is 37.4. The molecular weight excluding hydrogens is 444 g/mol. The summed E-state index contributed by atoms with van der Waals surface area (Å²) in [5.41, 5.74) is 4.87. The predicted octanol–water partition coefficient (Wildman–Crippen LogP) is 4.49. The van der Waals surface area contributed by atoms with Crippen LogP contribution in [-0.2, 0) is 14.3 Å². The lowest BCUT2D eigenvalue weighted by Gasteiger charge is -2.24. The van der Waals surface area contributed by atoms with Gasteiger partial charge in [0.1, 0.15) is 12.6 Å². The highest BCUT2D eigenvalue weighted by molar-refractivity contribution is 5.90. The number of carbonyl (C=O) groups is 3. The molecule has 0 saturated carbocycles. The van der Waals surface area contributed by atoms with Crippen molar-refractivity contribution in [2.45, 2.75) is 31.8 Å². The molecule has 0 spiro atoms. The molecule has 35 heavy (non-hydrogen) atoms. The normalized spacial score (nSPS) is 13.9. The van der Waals surface area contributed by atoms with Gasteiger partial charge in [0.2, 0.25) is 5.91 Å². The number of hydrogen-bond acceptors (Lipinski definition) is 4. The Hall–Kier alpha value is -4.13. The molecule has 0 fully saturated rings. The molecule has 4 rings (SSSR count). The fourth-order valence-electron chi connectivity index (χ4n) is 4.47. The Morgan fingerprint density at radius 1 is 0.829 bits per heavy atom. The zero-order chi connectivity index (χ0) is 24.9. The average molecular weight is 473 g/mol. The second kappa shape index (κ2) is 10.4. The van der Waals surface area contributed by atoms with Gasteiger partial charge in [0.05, 0.1) is 0 Å². The third-order valence-corrected chi connectivity index (χ3v) is 6.23. The molecule has 0 aliphatic heterocycles. The Morgan fingerprint density at radius 3 is 1.91 bits per heavy atom. The second-order valence-corrected chi connectivity index (χ2v) is 8.88. The van der Waals surface area contributed by atoms with Crippen LogP contribution in [0.4, 0.5) is 4.79 Å². The molecule has 0 heterocycles. The number of amides is 2. The van der Waals surface area contributed by atoms with Crippen molar-refractivity contribution in [3.05, 3.63) is 95.6 Å². The Kier molecular flexibility index (Phi) is 7.15. The molecule has 0 aromatic heterocycles. The smallest absolute Gasteiger partial charge is 0.407 e. The third kappa shape index (κ3) is 5.19. The van der Waals surface area contributed by atoms with Crippen LogP contribution in [0, 0.1) is 5.92 Å². The molecule has 0 radical (unpaired) electrons. The summed E-state index contributed by atoms with van der Waals surface area (Å²) in [5, 5.41) is 14.8. The quantitative estimate of drug-likeness (QED) is 0.448. The van der Waals surface area contributed by atoms with Gasteiger partial charge in [-0.3, -0.25) is 4.79 Å². The fraction of sp³-hybridized carbons (Fsp3) is 0.250. The average Bonchev–Trinajstić information content (AvgIpc) is 3.18. The van der Waals surface area contributed by atoms with Crippen LogP contribution in [0.1, 0.15) is 42.5 Å². The van der Waals surface area contributed by atoms with Crippen LogP contribution in [0.25, 0.3) is 11.1 Å². The van der Waals surface area contributed by atoms with Crippen molar-refractivity contribution in [1.29, 1.82) is 0 Å². The molecular formula is C28H28N2O5. The first-order valence-corrected chi connectivity index (χ1v) is 11.6. The van der Waals surface area contributed by atoms with Crippen molar-refractivity contribution in [3.8, 4) is 11.1 Å². The van der Waals surface area contributed by atoms with E-state index in [0.717, 1.165) is 22.3 Å². The summed E-state index contributed by atoms with van der Waals surface area (Å²) in [5.74, 6) is -2.17. The SMILES string of the molecule is CC(C)C(NC(=O)OCC1c2ccccc2-c2ccccc21)C(=O)N[C@@H](C(=O)O)c1ccccc1. The summed E-state index contributed by atoms with van der Waals surface area (Å²) < 4.78 is 5.56. The zero-order valence-electron chi connectivity index (χ0n) is 19.6. The topological polar surface area (TPSA) is 105 Å². The molecule has 3 aromatic carbocycles. The van der Waals surface area contributed by atoms with Gasteiger partial charge in [0, 0.05) is 5.92 Å². The van der Waals surface area contributed by atoms with E-state index in [2.05, 4.69) is 22.8 Å². The molecule has 3 aromatic rings. The van der Waals surface area contributed by atoms with Crippen LogP contribution in [-0.4, -0.2) is 35.7 Å². The minimum absolute atomic E-state index is 0.103. The number of nitrogens with one attached hydrogen (secondary N) is 2. The van der Waals surface area contributed by atoms with E-state index in [1.165, 1.54) is 0 Å². The van der Waals surface area contributed by atoms with E-state index >= 15 is 0 Å². The number of benzene rings is 3. The number of rotatable bonds is 8. The summed E-state index contributed by atoms with van der Waals surface area (Å²) in [7, 11) is 0. The molecule has 7 nitrogen and oxygen atoms in total. The first kappa shape index (κ1) is 24.0. The van der Waals surface area contributed by atoms with Gasteiger partial charge in [-0.15, -0.1) is 0 Å². The lowest BCUT2D eigenvalue weighted by atomic mass is 9.98. The van der Waals surface area contributed by atoms with E-state index in [9.17, 15) is 19.5 Å². The first-order chi connectivity index (χ1) is 16.9. The van der Waals surface area contributed by atoms with Crippen LogP contribution < -0.4 is 10.6 Å². The molecule has 1 aliphatic carbocycles. The van der Waals surface area contributed by atoms with Crippen molar-refractivity contribution in [2.75, 3.05) is 6.61 Å². The molecule has 3 N–H and O–H groups in total. The van der Waals surface area contributed by atoms with Gasteiger partial charge in [-0.1, -0.05) is 92.7 Å². The highest BCUT2D eigenvalue weighted by atomic mass is 16.5. The number of alkyl carbamates (subject to hydrolysis) is 1. The number of carbonyl (C=O) groups excluding carboxylic acids is 2. The summed E-state index contributed by atoms with van der Waals surface area (Å²) in [6.07, 6.45) is -0.729. The molecule has 7 heteroatoms. The predicted molar refractivity (Wildman–Crippen MR) is 132 cm³/mol. The number of hydrogen-bond donors (Lipinski definition) is 3. The molecule has 2 amide bonds. The van der Waals surface area contributed by atoms with Crippen LogP contribution in [0.5, 0.6) is 0 Å². The van der Waals surface area contributed by atoms with E-state index in [-0.39, 0.29) is 18.4 Å². The van der Waals surface area contributed by atoms with Crippen molar-refractivity contribution >= 4 is 18.0 Å². The minimum Gasteiger partial charge on any atom is -0.479 e. The Balaban J connectivity index is 1.42. The number of ether oxygens (including phenoxy) is 1. The Bertz CT molecular complexity index is 1180. The van der Waals surface area contributed by atoms with Gasteiger partial charge < -0.3 is 20.5 Å². The van der Waals surface area contributed by atoms with E-state index in [4.69, 9.17) is 4.74 Å². The first-order valence-electron chi connectivity index (χ1n) is 11.6. The number of carboxylic acid groups (broad SMARTS) is 1. The largest absolute Gasteiger partial charge is 0.479 e. The number of carboxylic acids is 1. The van der Waals surface area contributed by atoms with Crippen LogP contribution >= 0.6 is 0 Å². The maximum Gasteiger partial charge on any atom is 0.407 e. The van der Waals surface area contributed by atoms with Crippen LogP contribution in [0.15, 0.2) is 78.9 Å². The molecule has 1 unspecified atom stereocenters. The van der Waals surface area contributed by atoms with Gasteiger partial charge in [-0.25, -0.2) is 9.59 Å². The van der Waals surface area contributed by atoms with Gasteiger partial charge in [0.25, 0.3) is 0 Å². The monoisotopic (exact) mass is 472 g/mol. The van der Waals surface area contributed by atoms with Crippen LogP contribution in [0.2, 0.25) is 0 Å². The lowest BCUT2D eigenvalue weighted by molar-refractivity contribution is -0.142. The molecule has 1 aliphatic rings. The Morgan fingerprint density at radius 2 is 1.37 bits per heavy atom. The number of fused-ring (bicyclic) bond motifs is 3. The van der Waals surface area contributed by atoms with Gasteiger partial charge in [-0.05, 0) is 33.7 Å². The van der Waals surface area contributed by atoms with Crippen molar-refractivity contribution in [3.63, 3.8) is 0 Å². The van der Waals surface area contributed by atoms with Gasteiger partial charge in [0.15, 0.2) is 6.04 Å². The minimum atomic E-state index is -1.23. The van der Waals surface area contributed by atoms with Gasteiger partial charge >= 0.3 is 12.1 Å². The molecule has 0 saturated heterocycles. The fourth-order valence-corrected chi connectivity index (χ4v) is 4.47. The van der Waals surface area contributed by atoms with E-state index in [1.54, 1.807) is 44.2 Å². The molecule has 180 valence electrons. The summed E-state index contributed by atoms with van der Waals surface area (Å²) >= 11 is 0. The van der Waals surface area contributed by atoms with Gasteiger partial charge in [-0.2, -0.15) is 0 Å². The van der Waals surface area contributed by atoms with Crippen molar-refractivity contribution in [2.24, 2.45) is 5.92 Å². The van der Waals surface area contributed by atoms with Crippen LogP contribution in [0.3, 0.4) is 0 Å².